The van der Waals surface area contributed by atoms with Gasteiger partial charge in [-0.1, -0.05) is 24.3 Å². The molecule has 0 spiro atoms. The largest absolute Gasteiger partial charge is 0.505 e. The van der Waals surface area contributed by atoms with Gasteiger partial charge in [0.25, 0.3) is 5.69 Å². The van der Waals surface area contributed by atoms with Crippen molar-refractivity contribution in [1.82, 2.24) is 4.98 Å². The molecule has 1 aromatic heterocycles. The molecule has 0 fully saturated rings. The number of carbonyl (C=O) groups is 1. The molecule has 1 heterocycles. The van der Waals surface area contributed by atoms with E-state index in [0.717, 1.165) is 6.20 Å². The summed E-state index contributed by atoms with van der Waals surface area (Å²) in [6.45, 7) is 1.38. The van der Waals surface area contributed by atoms with Gasteiger partial charge in [-0.25, -0.2) is 9.78 Å². The first kappa shape index (κ1) is 18.7. The van der Waals surface area contributed by atoms with Crippen LogP contribution in [0.15, 0.2) is 58.9 Å². The Morgan fingerprint density at radius 2 is 1.93 bits per heavy atom. The van der Waals surface area contributed by atoms with Crippen molar-refractivity contribution in [2.75, 3.05) is 0 Å². The number of nitrogens with zero attached hydrogens (tertiary/aromatic N) is 4. The Morgan fingerprint density at radius 1 is 1.21 bits per heavy atom. The van der Waals surface area contributed by atoms with Crippen molar-refractivity contribution in [1.29, 1.82) is 0 Å². The van der Waals surface area contributed by atoms with Gasteiger partial charge < -0.3 is 14.9 Å². The van der Waals surface area contributed by atoms with Crippen LogP contribution >= 0.6 is 0 Å². The van der Waals surface area contributed by atoms with Gasteiger partial charge >= 0.3 is 5.97 Å². The highest BCUT2D eigenvalue weighted by atomic mass is 16.6. The highest BCUT2D eigenvalue weighted by Gasteiger charge is 2.18. The zero-order chi connectivity index (χ0) is 20.3. The molecule has 3 rings (SSSR count). The quantitative estimate of drug-likeness (QED) is 0.370. The van der Waals surface area contributed by atoms with Crippen LogP contribution < -0.4 is 4.74 Å². The average molecular weight is 382 g/mol. The Hall–Kier alpha value is -4.08. The van der Waals surface area contributed by atoms with Crippen LogP contribution in [0.4, 0.5) is 17.2 Å². The molecule has 1 atom stereocenters. The molecule has 10 heteroatoms. The number of carboxylic acid groups (broad SMARTS) is 1. The van der Waals surface area contributed by atoms with Gasteiger partial charge in [-0.2, -0.15) is 0 Å². The number of carboxylic acids is 1. The van der Waals surface area contributed by atoms with E-state index in [0.29, 0.717) is 10.8 Å². The number of phenolic OH excluding ortho intramolecular Hbond substituents is 1. The maximum Gasteiger partial charge on any atom is 0.344 e. The number of fused-ring (bicyclic) bond motifs is 1. The SMILES string of the molecule is CC(Oc1cc(N=Nc2ccc([N+](=O)[O-])cn2)c(O)c2ccccc12)C(=O)O. The minimum Gasteiger partial charge on any atom is -0.505 e. The third-order valence-electron chi connectivity index (χ3n) is 3.81. The van der Waals surface area contributed by atoms with Gasteiger partial charge in [-0.05, 0) is 13.0 Å². The molecule has 0 saturated heterocycles. The molecule has 0 bridgehead atoms. The fourth-order valence-electron chi connectivity index (χ4n) is 2.38. The second-order valence-corrected chi connectivity index (χ2v) is 5.72. The molecule has 1 unspecified atom stereocenters. The zero-order valence-corrected chi connectivity index (χ0v) is 14.5. The molecule has 2 aromatic carbocycles. The maximum atomic E-state index is 11.1. The Labute approximate surface area is 157 Å². The maximum absolute atomic E-state index is 11.1. The second kappa shape index (κ2) is 7.66. The number of rotatable bonds is 6. The van der Waals surface area contributed by atoms with Crippen LogP contribution in [0.3, 0.4) is 0 Å². The lowest BCUT2D eigenvalue weighted by Gasteiger charge is -2.14. The summed E-state index contributed by atoms with van der Waals surface area (Å²) in [6, 6.07) is 10.6. The molecule has 0 amide bonds. The van der Waals surface area contributed by atoms with Crippen LogP contribution in [0.25, 0.3) is 10.8 Å². The van der Waals surface area contributed by atoms with Gasteiger partial charge in [0, 0.05) is 22.9 Å². The fourth-order valence-corrected chi connectivity index (χ4v) is 2.38. The van der Waals surface area contributed by atoms with Crippen molar-refractivity contribution in [3.05, 3.63) is 58.8 Å². The number of aromatic nitrogens is 1. The summed E-state index contributed by atoms with van der Waals surface area (Å²) in [5.74, 6) is -1.000. The summed E-state index contributed by atoms with van der Waals surface area (Å²) in [6.07, 6.45) is -0.0772. The Bertz CT molecular complexity index is 1080. The van der Waals surface area contributed by atoms with Crippen molar-refractivity contribution < 1.29 is 24.7 Å². The number of aromatic hydroxyl groups is 1. The first-order valence-corrected chi connectivity index (χ1v) is 8.03. The average Bonchev–Trinajstić information content (AvgIpc) is 2.69. The van der Waals surface area contributed by atoms with E-state index >= 15 is 0 Å². The van der Waals surface area contributed by atoms with E-state index in [9.17, 15) is 20.0 Å². The number of benzene rings is 2. The highest BCUT2D eigenvalue weighted by Crippen LogP contribution is 2.41. The summed E-state index contributed by atoms with van der Waals surface area (Å²) in [5, 5.41) is 38.9. The Balaban J connectivity index is 2.01. The summed E-state index contributed by atoms with van der Waals surface area (Å²) in [5.41, 5.74) is -0.155. The molecular formula is C18H14N4O6. The molecule has 0 aliphatic heterocycles. The summed E-state index contributed by atoms with van der Waals surface area (Å²) in [7, 11) is 0. The number of pyridine rings is 1. The monoisotopic (exact) mass is 382 g/mol. The molecule has 0 saturated carbocycles. The van der Waals surface area contributed by atoms with E-state index in [-0.39, 0.29) is 28.7 Å². The van der Waals surface area contributed by atoms with Gasteiger partial charge in [0.15, 0.2) is 17.7 Å². The summed E-state index contributed by atoms with van der Waals surface area (Å²) in [4.78, 5) is 25.0. The van der Waals surface area contributed by atoms with E-state index in [2.05, 4.69) is 15.2 Å². The lowest BCUT2D eigenvalue weighted by atomic mass is 10.1. The van der Waals surface area contributed by atoms with Gasteiger partial charge in [-0.3, -0.25) is 10.1 Å². The van der Waals surface area contributed by atoms with E-state index in [1.54, 1.807) is 24.3 Å². The van der Waals surface area contributed by atoms with Gasteiger partial charge in [0.2, 0.25) is 0 Å². The van der Waals surface area contributed by atoms with Gasteiger partial charge in [0.1, 0.15) is 17.6 Å². The van der Waals surface area contributed by atoms with Crippen molar-refractivity contribution in [2.45, 2.75) is 13.0 Å². The lowest BCUT2D eigenvalue weighted by molar-refractivity contribution is -0.385. The van der Waals surface area contributed by atoms with Crippen LogP contribution in [0.5, 0.6) is 11.5 Å². The first-order chi connectivity index (χ1) is 13.4. The topological polar surface area (TPSA) is 148 Å². The number of phenols is 1. The van der Waals surface area contributed by atoms with Crippen LogP contribution in [-0.2, 0) is 4.79 Å². The van der Waals surface area contributed by atoms with E-state index < -0.39 is 17.0 Å². The molecule has 0 aliphatic carbocycles. The predicted octanol–water partition coefficient (Wildman–Crippen LogP) is 4.12. The minimum absolute atomic E-state index is 0.0337. The molecule has 0 aliphatic rings. The number of ether oxygens (including phenoxy) is 1. The number of aliphatic carboxylic acids is 1. The van der Waals surface area contributed by atoms with E-state index in [4.69, 9.17) is 9.84 Å². The molecular weight excluding hydrogens is 368 g/mol. The normalized spacial score (nSPS) is 12.2. The van der Waals surface area contributed by atoms with E-state index in [1.807, 2.05) is 0 Å². The van der Waals surface area contributed by atoms with Crippen LogP contribution in [0, 0.1) is 10.1 Å². The van der Waals surface area contributed by atoms with Crippen LogP contribution in [0.1, 0.15) is 6.92 Å². The molecule has 142 valence electrons. The first-order valence-electron chi connectivity index (χ1n) is 8.03. The Morgan fingerprint density at radius 3 is 2.54 bits per heavy atom. The molecule has 2 N–H and O–H groups in total. The number of nitro groups is 1. The van der Waals surface area contributed by atoms with Crippen LogP contribution in [0.2, 0.25) is 0 Å². The van der Waals surface area contributed by atoms with Crippen molar-refractivity contribution >= 4 is 33.9 Å². The second-order valence-electron chi connectivity index (χ2n) is 5.72. The lowest BCUT2D eigenvalue weighted by Crippen LogP contribution is -2.22. The molecule has 10 nitrogen and oxygen atoms in total. The Kier molecular flexibility index (Phi) is 5.12. The van der Waals surface area contributed by atoms with E-state index in [1.165, 1.54) is 25.1 Å². The van der Waals surface area contributed by atoms with Crippen molar-refractivity contribution in [3.8, 4) is 11.5 Å². The zero-order valence-electron chi connectivity index (χ0n) is 14.5. The van der Waals surface area contributed by atoms with Crippen molar-refractivity contribution in [3.63, 3.8) is 0 Å². The summed E-state index contributed by atoms with van der Waals surface area (Å²) >= 11 is 0. The molecule has 28 heavy (non-hydrogen) atoms. The smallest absolute Gasteiger partial charge is 0.344 e. The highest BCUT2D eigenvalue weighted by molar-refractivity contribution is 5.97. The fraction of sp³-hybridized carbons (Fsp3) is 0.111. The van der Waals surface area contributed by atoms with Crippen molar-refractivity contribution in [2.24, 2.45) is 10.2 Å². The summed E-state index contributed by atoms with van der Waals surface area (Å²) < 4.78 is 5.48. The van der Waals surface area contributed by atoms with Crippen LogP contribution in [-0.4, -0.2) is 32.2 Å². The third kappa shape index (κ3) is 3.85. The number of hydrogen-bond acceptors (Lipinski definition) is 8. The third-order valence-corrected chi connectivity index (χ3v) is 3.81. The number of azo groups is 1. The predicted molar refractivity (Wildman–Crippen MR) is 98.4 cm³/mol. The molecule has 0 radical (unpaired) electrons. The van der Waals surface area contributed by atoms with Gasteiger partial charge in [0.05, 0.1) is 4.92 Å². The minimum atomic E-state index is -1.14. The number of hydrogen-bond donors (Lipinski definition) is 2. The van der Waals surface area contributed by atoms with Gasteiger partial charge in [-0.15, -0.1) is 10.2 Å². The standard InChI is InChI=1S/C18H14N4O6/c1-10(18(24)25)28-15-8-14(17(23)13-5-3-2-4-12(13)15)20-21-16-7-6-11(9-19-16)22(26)27/h2-10,23H,1H3,(H,24,25). The molecule has 3 aromatic rings.